The molecule has 2 fully saturated rings. The average molecular weight is 433 g/mol. The minimum atomic E-state index is 0.405. The zero-order valence-electron chi connectivity index (χ0n) is 15.8. The van der Waals surface area contributed by atoms with Crippen LogP contribution >= 0.6 is 15.9 Å². The highest BCUT2D eigenvalue weighted by molar-refractivity contribution is 9.10. The van der Waals surface area contributed by atoms with E-state index in [9.17, 15) is 0 Å². The Balaban J connectivity index is 1.46. The van der Waals surface area contributed by atoms with E-state index in [1.165, 1.54) is 5.56 Å². The summed E-state index contributed by atoms with van der Waals surface area (Å²) in [4.78, 5) is 20.7. The molecule has 2 aliphatic heterocycles. The van der Waals surface area contributed by atoms with Crippen molar-refractivity contribution >= 4 is 33.5 Å². The predicted molar refractivity (Wildman–Crippen MR) is 111 cm³/mol. The molecule has 1 unspecified atom stereocenters. The molecule has 2 aromatic heterocycles. The van der Waals surface area contributed by atoms with Crippen LogP contribution in [0, 0.1) is 6.92 Å². The van der Waals surface area contributed by atoms with Crippen LogP contribution in [0.15, 0.2) is 29.0 Å². The van der Waals surface area contributed by atoms with Crippen LogP contribution in [0.5, 0.6) is 0 Å². The van der Waals surface area contributed by atoms with Crippen LogP contribution in [0.2, 0.25) is 0 Å². The molecule has 0 saturated carbocycles. The van der Waals surface area contributed by atoms with E-state index < -0.39 is 0 Å². The monoisotopic (exact) mass is 432 g/mol. The molecule has 144 valence electrons. The number of anilines is 3. The zero-order valence-corrected chi connectivity index (χ0v) is 17.4. The minimum absolute atomic E-state index is 0.405. The molecular weight excluding hydrogens is 408 g/mol. The second-order valence-corrected chi connectivity index (χ2v) is 8.02. The maximum atomic E-state index is 5.43. The smallest absolute Gasteiger partial charge is 0.227 e. The molecule has 0 aliphatic carbocycles. The van der Waals surface area contributed by atoms with Gasteiger partial charge in [0, 0.05) is 56.1 Å². The SMILES string of the molecule is Cc1cc(Br)cnc1N1CCC(N(C)c2ccnc(N3CCOCC3)n2)C1. The molecule has 4 rings (SSSR count). The summed E-state index contributed by atoms with van der Waals surface area (Å²) >= 11 is 3.49. The number of nitrogens with zero attached hydrogens (tertiary/aromatic N) is 6. The number of halogens is 1. The van der Waals surface area contributed by atoms with E-state index in [-0.39, 0.29) is 0 Å². The van der Waals surface area contributed by atoms with Gasteiger partial charge in [-0.1, -0.05) is 0 Å². The normalized spacial score (nSPS) is 20.2. The largest absolute Gasteiger partial charge is 0.378 e. The zero-order chi connectivity index (χ0) is 18.8. The maximum Gasteiger partial charge on any atom is 0.227 e. The Morgan fingerprint density at radius 3 is 2.78 bits per heavy atom. The van der Waals surface area contributed by atoms with Crippen molar-refractivity contribution in [3.8, 4) is 0 Å². The van der Waals surface area contributed by atoms with Gasteiger partial charge in [-0.3, -0.25) is 0 Å². The predicted octanol–water partition coefficient (Wildman–Crippen LogP) is 2.49. The first-order valence-electron chi connectivity index (χ1n) is 9.37. The third kappa shape index (κ3) is 4.01. The lowest BCUT2D eigenvalue weighted by Crippen LogP contribution is -2.38. The van der Waals surface area contributed by atoms with Crippen molar-refractivity contribution < 1.29 is 4.74 Å². The van der Waals surface area contributed by atoms with Gasteiger partial charge in [0.1, 0.15) is 11.6 Å². The molecule has 7 nitrogen and oxygen atoms in total. The van der Waals surface area contributed by atoms with Gasteiger partial charge in [0.15, 0.2) is 0 Å². The van der Waals surface area contributed by atoms with E-state index >= 15 is 0 Å². The van der Waals surface area contributed by atoms with Crippen LogP contribution in [0.4, 0.5) is 17.6 Å². The molecule has 8 heteroatoms. The van der Waals surface area contributed by atoms with Crippen molar-refractivity contribution in [1.29, 1.82) is 0 Å². The average Bonchev–Trinajstić information content (AvgIpc) is 3.18. The van der Waals surface area contributed by atoms with E-state index in [2.05, 4.69) is 60.6 Å². The lowest BCUT2D eigenvalue weighted by atomic mass is 10.2. The summed E-state index contributed by atoms with van der Waals surface area (Å²) < 4.78 is 6.45. The van der Waals surface area contributed by atoms with Crippen molar-refractivity contribution in [3.63, 3.8) is 0 Å². The highest BCUT2D eigenvalue weighted by Crippen LogP contribution is 2.27. The molecule has 0 aromatic carbocycles. The summed E-state index contributed by atoms with van der Waals surface area (Å²) in [5.41, 5.74) is 1.20. The van der Waals surface area contributed by atoms with E-state index in [0.29, 0.717) is 6.04 Å². The number of aromatic nitrogens is 3. The van der Waals surface area contributed by atoms with Gasteiger partial charge in [0.2, 0.25) is 5.95 Å². The molecule has 0 amide bonds. The van der Waals surface area contributed by atoms with E-state index in [1.54, 1.807) is 0 Å². The fourth-order valence-corrected chi connectivity index (χ4v) is 4.20. The number of rotatable bonds is 4. The number of hydrogen-bond donors (Lipinski definition) is 0. The molecular formula is C19H25BrN6O. The van der Waals surface area contributed by atoms with Crippen LogP contribution in [0.25, 0.3) is 0 Å². The molecule has 27 heavy (non-hydrogen) atoms. The van der Waals surface area contributed by atoms with Gasteiger partial charge in [0.05, 0.1) is 13.2 Å². The second-order valence-electron chi connectivity index (χ2n) is 7.11. The third-order valence-corrected chi connectivity index (χ3v) is 5.75. The Morgan fingerprint density at radius 1 is 1.19 bits per heavy atom. The van der Waals surface area contributed by atoms with Gasteiger partial charge in [0.25, 0.3) is 0 Å². The molecule has 2 saturated heterocycles. The summed E-state index contributed by atoms with van der Waals surface area (Å²) in [6.45, 7) is 7.23. The van der Waals surface area contributed by atoms with Gasteiger partial charge in [-0.05, 0) is 47.0 Å². The summed E-state index contributed by atoms with van der Waals surface area (Å²) in [5, 5.41) is 0. The minimum Gasteiger partial charge on any atom is -0.378 e. The first kappa shape index (κ1) is 18.4. The van der Waals surface area contributed by atoms with Gasteiger partial charge in [-0.15, -0.1) is 0 Å². The van der Waals surface area contributed by atoms with E-state index in [1.807, 2.05) is 18.5 Å². The third-order valence-electron chi connectivity index (χ3n) is 5.31. The Labute approximate surface area is 168 Å². The molecule has 2 aromatic rings. The Hall–Kier alpha value is -1.93. The second kappa shape index (κ2) is 7.98. The molecule has 4 heterocycles. The van der Waals surface area contributed by atoms with E-state index in [0.717, 1.165) is 67.9 Å². The number of morpholine rings is 1. The number of pyridine rings is 1. The summed E-state index contributed by atoms with van der Waals surface area (Å²) in [7, 11) is 2.13. The highest BCUT2D eigenvalue weighted by atomic mass is 79.9. The van der Waals surface area contributed by atoms with Crippen molar-refractivity contribution in [3.05, 3.63) is 34.6 Å². The van der Waals surface area contributed by atoms with Crippen LogP contribution in [-0.4, -0.2) is 67.4 Å². The molecule has 2 aliphatic rings. The van der Waals surface area contributed by atoms with Crippen LogP contribution in [0.1, 0.15) is 12.0 Å². The standard InChI is InChI=1S/C19H25BrN6O/c1-14-11-15(20)12-22-18(14)26-6-4-16(13-26)24(2)17-3-5-21-19(23-17)25-7-9-27-10-8-25/h3,5,11-12,16H,4,6-10,13H2,1-2H3. The summed E-state index contributed by atoms with van der Waals surface area (Å²) in [6.07, 6.45) is 4.82. The lowest BCUT2D eigenvalue weighted by molar-refractivity contribution is 0.122. The Bertz CT molecular complexity index is 798. The number of aryl methyl sites for hydroxylation is 1. The first-order chi connectivity index (χ1) is 13.1. The molecule has 0 bridgehead atoms. The van der Waals surface area contributed by atoms with E-state index in [4.69, 9.17) is 9.72 Å². The van der Waals surface area contributed by atoms with Gasteiger partial charge in [-0.2, -0.15) is 4.98 Å². The van der Waals surface area contributed by atoms with Crippen molar-refractivity contribution in [2.24, 2.45) is 0 Å². The van der Waals surface area contributed by atoms with Gasteiger partial charge >= 0.3 is 0 Å². The quantitative estimate of drug-likeness (QED) is 0.735. The fraction of sp³-hybridized carbons (Fsp3) is 0.526. The molecule has 0 spiro atoms. The first-order valence-corrected chi connectivity index (χ1v) is 10.2. The van der Waals surface area contributed by atoms with Crippen LogP contribution in [0.3, 0.4) is 0 Å². The van der Waals surface area contributed by atoms with Crippen LogP contribution in [-0.2, 0) is 4.74 Å². The lowest BCUT2D eigenvalue weighted by Gasteiger charge is -2.29. The molecule has 0 N–H and O–H groups in total. The molecule has 1 atom stereocenters. The van der Waals surface area contributed by atoms with Crippen LogP contribution < -0.4 is 14.7 Å². The van der Waals surface area contributed by atoms with Gasteiger partial charge in [-0.25, -0.2) is 9.97 Å². The van der Waals surface area contributed by atoms with Crippen molar-refractivity contribution in [2.75, 3.05) is 61.1 Å². The Kier molecular flexibility index (Phi) is 5.45. The van der Waals surface area contributed by atoms with Gasteiger partial charge < -0.3 is 19.4 Å². The Morgan fingerprint density at radius 2 is 2.00 bits per heavy atom. The van der Waals surface area contributed by atoms with Crippen molar-refractivity contribution in [2.45, 2.75) is 19.4 Å². The highest BCUT2D eigenvalue weighted by Gasteiger charge is 2.28. The topological polar surface area (TPSA) is 57.6 Å². The maximum absolute atomic E-state index is 5.43. The number of likely N-dealkylation sites (N-methyl/N-ethyl adjacent to an activating group) is 1. The summed E-state index contributed by atoms with van der Waals surface area (Å²) in [6, 6.07) is 4.52. The fourth-order valence-electron chi connectivity index (χ4n) is 3.75. The number of hydrogen-bond acceptors (Lipinski definition) is 7. The molecule has 0 radical (unpaired) electrons. The number of ether oxygens (including phenoxy) is 1. The van der Waals surface area contributed by atoms with Crippen molar-refractivity contribution in [1.82, 2.24) is 15.0 Å². The summed E-state index contributed by atoms with van der Waals surface area (Å²) in [5.74, 6) is 2.84.